The van der Waals surface area contributed by atoms with Crippen LogP contribution in [0, 0.1) is 0 Å². The average Bonchev–Trinajstić information content (AvgIpc) is 2.73. The lowest BCUT2D eigenvalue weighted by Crippen LogP contribution is -2.44. The molecule has 1 N–H and O–H groups in total. The third-order valence-corrected chi connectivity index (χ3v) is 4.19. The molecule has 8 nitrogen and oxygen atoms in total. The molecule has 2 atom stereocenters. The van der Waals surface area contributed by atoms with Crippen molar-refractivity contribution in [1.29, 1.82) is 0 Å². The first-order valence-corrected chi connectivity index (χ1v) is 9.74. The summed E-state index contributed by atoms with van der Waals surface area (Å²) in [4.78, 5) is 28.1. The summed E-state index contributed by atoms with van der Waals surface area (Å²) in [6, 6.07) is 15.2. The molecule has 0 aliphatic rings. The highest BCUT2D eigenvalue weighted by Gasteiger charge is 2.34. The van der Waals surface area contributed by atoms with Crippen LogP contribution in [0.2, 0.25) is 0 Å². The normalized spacial score (nSPS) is 12.8. The van der Waals surface area contributed by atoms with Crippen molar-refractivity contribution >= 4 is 18.1 Å². The standard InChI is InChI=1S/C23H27N3O5/c1-23(2,3)31-22(28)26-20(17-10-12-18(29-4)13-11-17)21(19(27)14-25-24)30-15-16-8-6-5-7-9-16/h5-14,20-21H,15H2,1-4H3,(H,26,28)/t20-,21-/m1/s1. The van der Waals surface area contributed by atoms with Crippen LogP contribution in [0.3, 0.4) is 0 Å². The van der Waals surface area contributed by atoms with Gasteiger partial charge in [-0.2, -0.15) is 4.79 Å². The fourth-order valence-corrected chi connectivity index (χ4v) is 2.81. The predicted octanol–water partition coefficient (Wildman–Crippen LogP) is 3.72. The van der Waals surface area contributed by atoms with Crippen molar-refractivity contribution < 1.29 is 28.6 Å². The summed E-state index contributed by atoms with van der Waals surface area (Å²) >= 11 is 0. The number of carbonyl (C=O) groups excluding carboxylic acids is 2. The van der Waals surface area contributed by atoms with E-state index in [1.165, 1.54) is 0 Å². The zero-order valence-electron chi connectivity index (χ0n) is 18.1. The molecule has 0 unspecified atom stereocenters. The minimum Gasteiger partial charge on any atom is -0.497 e. The number of Topliss-reactive ketones (excluding diaryl/α,β-unsaturated/α-hetero) is 1. The van der Waals surface area contributed by atoms with Gasteiger partial charge in [0.15, 0.2) is 6.10 Å². The molecule has 2 rings (SSSR count). The van der Waals surface area contributed by atoms with Crippen LogP contribution in [-0.4, -0.2) is 41.7 Å². The van der Waals surface area contributed by atoms with Crippen LogP contribution in [0.1, 0.15) is 37.9 Å². The number of methoxy groups -OCH3 is 1. The number of ketones is 1. The largest absolute Gasteiger partial charge is 0.497 e. The van der Waals surface area contributed by atoms with E-state index in [-0.39, 0.29) is 6.61 Å². The number of hydrogen-bond donors (Lipinski definition) is 1. The van der Waals surface area contributed by atoms with Gasteiger partial charge in [0.25, 0.3) is 5.78 Å². The molecule has 1 amide bonds. The molecule has 0 fully saturated rings. The highest BCUT2D eigenvalue weighted by molar-refractivity contribution is 6.27. The van der Waals surface area contributed by atoms with Crippen molar-refractivity contribution in [3.63, 3.8) is 0 Å². The van der Waals surface area contributed by atoms with Gasteiger partial charge in [0, 0.05) is 0 Å². The van der Waals surface area contributed by atoms with Crippen molar-refractivity contribution in [2.45, 2.75) is 45.1 Å². The summed E-state index contributed by atoms with van der Waals surface area (Å²) in [5.41, 5.74) is 9.59. The molecule has 0 heterocycles. The molecule has 8 heteroatoms. The number of carbonyl (C=O) groups is 2. The molecule has 2 aromatic rings. The number of benzene rings is 2. The molecule has 164 valence electrons. The molecule has 0 aromatic heterocycles. The van der Waals surface area contributed by atoms with Crippen molar-refractivity contribution in [3.8, 4) is 5.75 Å². The quantitative estimate of drug-likeness (QED) is 0.374. The number of alkyl carbamates (subject to hydrolysis) is 1. The molecule has 0 saturated carbocycles. The summed E-state index contributed by atoms with van der Waals surface area (Å²) in [6.45, 7) is 5.32. The first-order chi connectivity index (χ1) is 14.7. The van der Waals surface area contributed by atoms with Crippen molar-refractivity contribution in [2.75, 3.05) is 7.11 Å². The minimum absolute atomic E-state index is 0.110. The fraction of sp³-hybridized carbons (Fsp3) is 0.348. The number of nitrogens with one attached hydrogen (secondary N) is 1. The van der Waals surface area contributed by atoms with Crippen LogP contribution in [0.4, 0.5) is 4.79 Å². The highest BCUT2D eigenvalue weighted by atomic mass is 16.6. The van der Waals surface area contributed by atoms with E-state index in [2.05, 4.69) is 10.1 Å². The topological polar surface area (TPSA) is 110 Å². The summed E-state index contributed by atoms with van der Waals surface area (Å²) < 4.78 is 16.4. The van der Waals surface area contributed by atoms with E-state index in [1.54, 1.807) is 52.1 Å². The Morgan fingerprint density at radius 1 is 1.10 bits per heavy atom. The molecular formula is C23H27N3O5. The second-order valence-electron chi connectivity index (χ2n) is 7.76. The summed E-state index contributed by atoms with van der Waals surface area (Å²) in [5.74, 6) is 0.0000713. The van der Waals surface area contributed by atoms with Crippen LogP contribution in [0.15, 0.2) is 54.6 Å². The third-order valence-electron chi connectivity index (χ3n) is 4.19. The van der Waals surface area contributed by atoms with Crippen molar-refractivity contribution in [1.82, 2.24) is 5.32 Å². The number of ether oxygens (including phenoxy) is 3. The molecule has 0 bridgehead atoms. The lowest BCUT2D eigenvalue weighted by Gasteiger charge is -2.28. The maximum atomic E-state index is 12.7. The van der Waals surface area contributed by atoms with E-state index in [4.69, 9.17) is 19.7 Å². The smallest absolute Gasteiger partial charge is 0.408 e. The first kappa shape index (κ1) is 23.8. The second-order valence-corrected chi connectivity index (χ2v) is 7.76. The zero-order chi connectivity index (χ0) is 22.9. The van der Waals surface area contributed by atoms with Gasteiger partial charge in [0.1, 0.15) is 11.4 Å². The number of amides is 1. The van der Waals surface area contributed by atoms with Gasteiger partial charge in [-0.25, -0.2) is 4.79 Å². The van der Waals surface area contributed by atoms with Gasteiger partial charge in [0.2, 0.25) is 0 Å². The van der Waals surface area contributed by atoms with Crippen LogP contribution in [0.25, 0.3) is 5.53 Å². The maximum Gasteiger partial charge on any atom is 0.408 e. The summed E-state index contributed by atoms with van der Waals surface area (Å²) in [5, 5.41) is 2.71. The molecule has 0 saturated heterocycles. The van der Waals surface area contributed by atoms with Crippen LogP contribution < -0.4 is 10.1 Å². The number of nitrogens with zero attached hydrogens (tertiary/aromatic N) is 2. The third kappa shape index (κ3) is 7.70. The van der Waals surface area contributed by atoms with Crippen molar-refractivity contribution in [3.05, 3.63) is 71.3 Å². The summed E-state index contributed by atoms with van der Waals surface area (Å²) in [7, 11) is 1.54. The van der Waals surface area contributed by atoms with E-state index >= 15 is 0 Å². The Labute approximate surface area is 181 Å². The Bertz CT molecular complexity index is 916. The van der Waals surface area contributed by atoms with Gasteiger partial charge in [-0.1, -0.05) is 42.5 Å². The molecule has 0 spiro atoms. The molecule has 2 aromatic carbocycles. The monoisotopic (exact) mass is 425 g/mol. The Morgan fingerprint density at radius 2 is 1.74 bits per heavy atom. The Kier molecular flexibility index (Phi) is 8.49. The van der Waals surface area contributed by atoms with E-state index in [0.717, 1.165) is 11.8 Å². The lowest BCUT2D eigenvalue weighted by molar-refractivity contribution is -0.129. The van der Waals surface area contributed by atoms with Gasteiger partial charge in [-0.15, -0.1) is 0 Å². The molecule has 0 radical (unpaired) electrons. The maximum absolute atomic E-state index is 12.7. The van der Waals surface area contributed by atoms with E-state index < -0.39 is 29.6 Å². The van der Waals surface area contributed by atoms with Crippen molar-refractivity contribution in [2.24, 2.45) is 0 Å². The van der Waals surface area contributed by atoms with Gasteiger partial charge in [0.05, 0.1) is 19.8 Å². The first-order valence-electron chi connectivity index (χ1n) is 9.74. The van der Waals surface area contributed by atoms with E-state index in [1.807, 2.05) is 30.3 Å². The van der Waals surface area contributed by atoms with Gasteiger partial charge >= 0.3 is 12.3 Å². The number of hydrogen-bond acceptors (Lipinski definition) is 5. The Balaban J connectivity index is 2.38. The highest BCUT2D eigenvalue weighted by Crippen LogP contribution is 2.24. The lowest BCUT2D eigenvalue weighted by atomic mass is 9.98. The van der Waals surface area contributed by atoms with E-state index in [9.17, 15) is 9.59 Å². The Morgan fingerprint density at radius 3 is 2.29 bits per heavy atom. The SMILES string of the molecule is COc1ccc([C@@H](NC(=O)OC(C)(C)C)[C@H](OCc2ccccc2)C(=O)C=[N+]=[N-])cc1. The van der Waals surface area contributed by atoms with E-state index in [0.29, 0.717) is 11.3 Å². The average molecular weight is 425 g/mol. The van der Waals surface area contributed by atoms with Gasteiger partial charge in [-0.05, 0) is 44.0 Å². The summed E-state index contributed by atoms with van der Waals surface area (Å²) in [6.07, 6.45) is -1.13. The second kappa shape index (κ2) is 11.1. The Hall–Kier alpha value is -3.48. The predicted molar refractivity (Wildman–Crippen MR) is 115 cm³/mol. The van der Waals surface area contributed by atoms with Crippen LogP contribution in [-0.2, 0) is 20.9 Å². The van der Waals surface area contributed by atoms with Crippen LogP contribution >= 0.6 is 0 Å². The molecular weight excluding hydrogens is 398 g/mol. The van der Waals surface area contributed by atoms with Gasteiger partial charge < -0.3 is 25.1 Å². The zero-order valence-corrected chi connectivity index (χ0v) is 18.1. The minimum atomic E-state index is -1.17. The molecule has 0 aliphatic carbocycles. The van der Waals surface area contributed by atoms with Crippen LogP contribution in [0.5, 0.6) is 5.75 Å². The fourth-order valence-electron chi connectivity index (χ4n) is 2.81. The molecule has 31 heavy (non-hydrogen) atoms. The number of rotatable bonds is 9. The van der Waals surface area contributed by atoms with Gasteiger partial charge in [-0.3, -0.25) is 4.79 Å². The molecule has 0 aliphatic heterocycles.